The molecule has 78 valence electrons. The molecular weight excluding hydrogens is 186 g/mol. The standard InChI is InChI=1S/C9H19NO2S/c1-8(2,3)12-7(11)6(10)9(4,5)13/h6,13H,10H2,1-5H3/t6-/m1/s1. The number of hydrogen-bond acceptors (Lipinski definition) is 4. The van der Waals surface area contributed by atoms with Crippen molar-refractivity contribution in [3.8, 4) is 0 Å². The summed E-state index contributed by atoms with van der Waals surface area (Å²) in [6, 6.07) is -0.699. The molecule has 0 spiro atoms. The van der Waals surface area contributed by atoms with Gasteiger partial charge >= 0.3 is 5.97 Å². The van der Waals surface area contributed by atoms with Gasteiger partial charge in [0.05, 0.1) is 0 Å². The smallest absolute Gasteiger partial charge is 0.324 e. The van der Waals surface area contributed by atoms with Gasteiger partial charge in [-0.05, 0) is 34.6 Å². The van der Waals surface area contributed by atoms with Crippen molar-refractivity contribution in [3.63, 3.8) is 0 Å². The molecule has 13 heavy (non-hydrogen) atoms. The molecule has 0 radical (unpaired) electrons. The summed E-state index contributed by atoms with van der Waals surface area (Å²) in [6.07, 6.45) is 0. The molecule has 0 saturated heterocycles. The van der Waals surface area contributed by atoms with Crippen molar-refractivity contribution >= 4 is 18.6 Å². The molecule has 0 aromatic carbocycles. The highest BCUT2D eigenvalue weighted by molar-refractivity contribution is 7.81. The average Bonchev–Trinajstić information content (AvgIpc) is 1.79. The number of carbonyl (C=O) groups is 1. The van der Waals surface area contributed by atoms with Crippen molar-refractivity contribution in [3.05, 3.63) is 0 Å². The number of hydrogen-bond donors (Lipinski definition) is 2. The van der Waals surface area contributed by atoms with Crippen LogP contribution >= 0.6 is 12.6 Å². The highest BCUT2D eigenvalue weighted by atomic mass is 32.1. The van der Waals surface area contributed by atoms with Crippen LogP contribution in [0.2, 0.25) is 0 Å². The molecule has 0 aromatic rings. The van der Waals surface area contributed by atoms with E-state index in [0.29, 0.717) is 0 Å². The number of carbonyl (C=O) groups excluding carboxylic acids is 1. The molecule has 4 heteroatoms. The van der Waals surface area contributed by atoms with Crippen LogP contribution in [0.15, 0.2) is 0 Å². The van der Waals surface area contributed by atoms with E-state index in [1.807, 2.05) is 20.8 Å². The molecule has 0 fully saturated rings. The van der Waals surface area contributed by atoms with E-state index in [0.717, 1.165) is 0 Å². The van der Waals surface area contributed by atoms with E-state index in [1.54, 1.807) is 13.8 Å². The first-order valence-corrected chi connectivity index (χ1v) is 4.69. The van der Waals surface area contributed by atoms with E-state index in [2.05, 4.69) is 12.6 Å². The van der Waals surface area contributed by atoms with E-state index in [-0.39, 0.29) is 0 Å². The lowest BCUT2D eigenvalue weighted by Crippen LogP contribution is -2.48. The Morgan fingerprint density at radius 2 is 1.69 bits per heavy atom. The van der Waals surface area contributed by atoms with Crippen molar-refractivity contribution < 1.29 is 9.53 Å². The Morgan fingerprint density at radius 1 is 1.31 bits per heavy atom. The SMILES string of the molecule is CC(C)(C)OC(=O)[C@@H](N)C(C)(C)S. The van der Waals surface area contributed by atoms with Gasteiger partial charge in [0.2, 0.25) is 0 Å². The lowest BCUT2D eigenvalue weighted by Gasteiger charge is -2.28. The number of ether oxygens (including phenoxy) is 1. The summed E-state index contributed by atoms with van der Waals surface area (Å²) in [5, 5.41) is 0. The first kappa shape index (κ1) is 12.8. The second-order valence-corrected chi connectivity index (χ2v) is 5.82. The van der Waals surface area contributed by atoms with Crippen LogP contribution in [0.1, 0.15) is 34.6 Å². The summed E-state index contributed by atoms with van der Waals surface area (Å²) < 4.78 is 4.56. The van der Waals surface area contributed by atoms with Gasteiger partial charge in [0.25, 0.3) is 0 Å². The molecule has 0 bridgehead atoms. The van der Waals surface area contributed by atoms with Gasteiger partial charge in [-0.2, -0.15) is 12.6 Å². The molecule has 0 amide bonds. The maximum Gasteiger partial charge on any atom is 0.324 e. The zero-order chi connectivity index (χ0) is 10.9. The predicted molar refractivity (Wildman–Crippen MR) is 56.9 cm³/mol. The Hall–Kier alpha value is -0.220. The molecule has 0 unspecified atom stereocenters. The lowest BCUT2D eigenvalue weighted by molar-refractivity contribution is -0.157. The third-order valence-corrected chi connectivity index (χ3v) is 1.70. The molecule has 0 aliphatic rings. The van der Waals surface area contributed by atoms with E-state index in [4.69, 9.17) is 10.5 Å². The minimum atomic E-state index is -0.699. The fourth-order valence-corrected chi connectivity index (χ4v) is 0.759. The van der Waals surface area contributed by atoms with Crippen LogP contribution in [-0.2, 0) is 9.53 Å². The molecule has 0 aliphatic carbocycles. The quantitative estimate of drug-likeness (QED) is 0.529. The molecule has 0 heterocycles. The highest BCUT2D eigenvalue weighted by Crippen LogP contribution is 2.19. The minimum Gasteiger partial charge on any atom is -0.459 e. The Morgan fingerprint density at radius 3 is 1.92 bits per heavy atom. The van der Waals surface area contributed by atoms with Crippen molar-refractivity contribution in [1.29, 1.82) is 0 Å². The van der Waals surface area contributed by atoms with Gasteiger partial charge in [-0.1, -0.05) is 0 Å². The van der Waals surface area contributed by atoms with Gasteiger partial charge in [0.15, 0.2) is 0 Å². The van der Waals surface area contributed by atoms with Gasteiger partial charge in [0.1, 0.15) is 11.6 Å². The average molecular weight is 205 g/mol. The topological polar surface area (TPSA) is 52.3 Å². The van der Waals surface area contributed by atoms with Crippen molar-refractivity contribution in [2.24, 2.45) is 5.73 Å². The Kier molecular flexibility index (Phi) is 3.82. The summed E-state index contributed by atoms with van der Waals surface area (Å²) in [6.45, 7) is 8.99. The lowest BCUT2D eigenvalue weighted by atomic mass is 10.0. The number of nitrogens with two attached hydrogens (primary N) is 1. The van der Waals surface area contributed by atoms with Crippen LogP contribution in [0, 0.1) is 0 Å². The second kappa shape index (κ2) is 3.88. The Balaban J connectivity index is 4.30. The molecule has 0 rings (SSSR count). The number of thiol groups is 1. The highest BCUT2D eigenvalue weighted by Gasteiger charge is 2.32. The fraction of sp³-hybridized carbons (Fsp3) is 0.889. The maximum atomic E-state index is 11.4. The second-order valence-electron chi connectivity index (χ2n) is 4.66. The molecule has 2 N–H and O–H groups in total. The number of rotatable bonds is 2. The molecule has 1 atom stereocenters. The monoisotopic (exact) mass is 205 g/mol. The Bertz CT molecular complexity index is 191. The largest absolute Gasteiger partial charge is 0.459 e. The van der Waals surface area contributed by atoms with Crippen LogP contribution in [0.5, 0.6) is 0 Å². The van der Waals surface area contributed by atoms with Gasteiger partial charge in [-0.3, -0.25) is 4.79 Å². The van der Waals surface area contributed by atoms with Crippen molar-refractivity contribution in [1.82, 2.24) is 0 Å². The molecule has 0 saturated carbocycles. The summed E-state index contributed by atoms with van der Waals surface area (Å²) in [4.78, 5) is 11.4. The first-order chi connectivity index (χ1) is 5.54. The van der Waals surface area contributed by atoms with Crippen LogP contribution in [-0.4, -0.2) is 22.4 Å². The van der Waals surface area contributed by atoms with Crippen molar-refractivity contribution in [2.75, 3.05) is 0 Å². The zero-order valence-electron chi connectivity index (χ0n) is 8.92. The van der Waals surface area contributed by atoms with Gasteiger partial charge in [-0.25, -0.2) is 0 Å². The zero-order valence-corrected chi connectivity index (χ0v) is 9.81. The molecule has 0 aliphatic heterocycles. The number of esters is 1. The summed E-state index contributed by atoms with van der Waals surface area (Å²) >= 11 is 4.21. The van der Waals surface area contributed by atoms with E-state index >= 15 is 0 Å². The predicted octanol–water partition coefficient (Wildman–Crippen LogP) is 1.36. The van der Waals surface area contributed by atoms with Crippen LogP contribution in [0.25, 0.3) is 0 Å². The van der Waals surface area contributed by atoms with E-state index < -0.39 is 22.4 Å². The third-order valence-electron chi connectivity index (χ3n) is 1.42. The molecule has 3 nitrogen and oxygen atoms in total. The minimum absolute atomic E-state index is 0.410. The normalized spacial score (nSPS) is 15.3. The van der Waals surface area contributed by atoms with Crippen LogP contribution in [0.3, 0.4) is 0 Å². The Labute approximate surface area is 85.4 Å². The van der Waals surface area contributed by atoms with E-state index in [9.17, 15) is 4.79 Å². The summed E-state index contributed by atoms with van der Waals surface area (Å²) in [5.41, 5.74) is 5.16. The summed E-state index contributed by atoms with van der Waals surface area (Å²) in [7, 11) is 0. The fourth-order valence-electron chi connectivity index (χ4n) is 0.654. The van der Waals surface area contributed by atoms with Crippen LogP contribution in [0.4, 0.5) is 0 Å². The van der Waals surface area contributed by atoms with Gasteiger partial charge in [-0.15, -0.1) is 0 Å². The van der Waals surface area contributed by atoms with Gasteiger partial charge < -0.3 is 10.5 Å². The third kappa shape index (κ3) is 5.16. The first-order valence-electron chi connectivity index (χ1n) is 4.25. The van der Waals surface area contributed by atoms with E-state index in [1.165, 1.54) is 0 Å². The molecular formula is C9H19NO2S. The van der Waals surface area contributed by atoms with Gasteiger partial charge in [0, 0.05) is 4.75 Å². The molecule has 0 aromatic heterocycles. The maximum absolute atomic E-state index is 11.4. The summed E-state index contributed by atoms with van der Waals surface area (Å²) in [5.74, 6) is -0.410. The van der Waals surface area contributed by atoms with Crippen molar-refractivity contribution in [2.45, 2.75) is 51.0 Å². The van der Waals surface area contributed by atoms with Crippen LogP contribution < -0.4 is 5.73 Å².